The van der Waals surface area contributed by atoms with Gasteiger partial charge >= 0.3 is 0 Å². The van der Waals surface area contributed by atoms with E-state index in [1.54, 1.807) is 33.4 Å². The van der Waals surface area contributed by atoms with Gasteiger partial charge in [-0.2, -0.15) is 0 Å². The molecular weight excluding hydrogens is 402 g/mol. The Balaban J connectivity index is 1.69. The average Bonchev–Trinajstić information content (AvgIpc) is 2.96. The van der Waals surface area contributed by atoms with Gasteiger partial charge in [0.25, 0.3) is 5.91 Å². The zero-order valence-electron chi connectivity index (χ0n) is 17.3. The molecule has 0 bridgehead atoms. The molecule has 0 radical (unpaired) electrons. The molecule has 8 heteroatoms. The first-order chi connectivity index (χ1) is 14.4. The number of likely N-dealkylation sites (N-methyl/N-ethyl adjacent to an activating group) is 1. The van der Waals surface area contributed by atoms with Crippen LogP contribution < -0.4 is 14.8 Å². The number of ether oxygens (including phenoxy) is 2. The molecule has 0 aromatic heterocycles. The van der Waals surface area contributed by atoms with Gasteiger partial charge in [-0.3, -0.25) is 14.5 Å². The van der Waals surface area contributed by atoms with Gasteiger partial charge in [-0.05, 0) is 48.5 Å². The van der Waals surface area contributed by atoms with Crippen molar-refractivity contribution in [3.05, 3.63) is 54.1 Å². The number of para-hydroxylation sites is 1. The van der Waals surface area contributed by atoms with Gasteiger partial charge in [0, 0.05) is 19.3 Å². The van der Waals surface area contributed by atoms with Gasteiger partial charge in [-0.15, -0.1) is 0 Å². The molecule has 7 nitrogen and oxygen atoms in total. The molecule has 1 aliphatic rings. The van der Waals surface area contributed by atoms with Gasteiger partial charge in [0.2, 0.25) is 5.91 Å². The monoisotopic (exact) mass is 427 g/mol. The van der Waals surface area contributed by atoms with Crippen molar-refractivity contribution in [2.75, 3.05) is 33.1 Å². The molecule has 1 heterocycles. The van der Waals surface area contributed by atoms with E-state index in [0.29, 0.717) is 35.3 Å². The molecule has 1 N–H and O–H groups in total. The van der Waals surface area contributed by atoms with Crippen molar-refractivity contribution in [2.45, 2.75) is 18.9 Å². The Kier molecular flexibility index (Phi) is 6.89. The minimum Gasteiger partial charge on any atom is -0.493 e. The van der Waals surface area contributed by atoms with Crippen molar-refractivity contribution in [3.63, 3.8) is 0 Å². The molecule has 2 aromatic rings. The lowest BCUT2D eigenvalue weighted by Gasteiger charge is -2.23. The predicted octanol–water partition coefficient (Wildman–Crippen LogP) is 2.70. The molecule has 1 aliphatic heterocycles. The Bertz CT molecular complexity index is 935. The van der Waals surface area contributed by atoms with Gasteiger partial charge in [0.1, 0.15) is 6.04 Å². The number of methoxy groups -OCH3 is 2. The first kappa shape index (κ1) is 21.6. The maximum Gasteiger partial charge on any atom is 0.251 e. The maximum atomic E-state index is 12.7. The summed E-state index contributed by atoms with van der Waals surface area (Å²) < 4.78 is 10.6. The van der Waals surface area contributed by atoms with Crippen molar-refractivity contribution < 1.29 is 19.1 Å². The van der Waals surface area contributed by atoms with E-state index in [1.807, 2.05) is 41.3 Å². The summed E-state index contributed by atoms with van der Waals surface area (Å²) in [5.74, 6) is 0.901. The highest BCUT2D eigenvalue weighted by Crippen LogP contribution is 2.28. The molecule has 0 spiro atoms. The molecule has 2 amide bonds. The van der Waals surface area contributed by atoms with Crippen LogP contribution in [-0.2, 0) is 16.0 Å². The number of nitrogens with one attached hydrogen (secondary N) is 1. The van der Waals surface area contributed by atoms with Gasteiger partial charge in [-0.25, -0.2) is 0 Å². The van der Waals surface area contributed by atoms with Crippen LogP contribution in [0.25, 0.3) is 0 Å². The second-order valence-corrected chi connectivity index (χ2v) is 7.31. The number of carbonyl (C=O) groups is 2. The number of nitrogens with zero attached hydrogens (tertiary/aromatic N) is 2. The molecule has 1 atom stereocenters. The van der Waals surface area contributed by atoms with Gasteiger partial charge < -0.3 is 19.7 Å². The minimum atomic E-state index is -0.619. The molecule has 3 rings (SSSR count). The second kappa shape index (κ2) is 9.58. The normalized spacial score (nSPS) is 16.0. The van der Waals surface area contributed by atoms with E-state index in [1.165, 1.54) is 4.90 Å². The van der Waals surface area contributed by atoms with Crippen molar-refractivity contribution in [1.82, 2.24) is 9.80 Å². The Hall–Kier alpha value is -3.13. The summed E-state index contributed by atoms with van der Waals surface area (Å²) in [6.45, 7) is 0.508. The van der Waals surface area contributed by atoms with E-state index < -0.39 is 6.04 Å². The van der Waals surface area contributed by atoms with Crippen LogP contribution in [0.3, 0.4) is 0 Å². The first-order valence-electron chi connectivity index (χ1n) is 9.58. The molecule has 2 aromatic carbocycles. The number of rotatable bonds is 8. The minimum absolute atomic E-state index is 0.0319. The zero-order valence-corrected chi connectivity index (χ0v) is 18.1. The molecule has 0 aliphatic carbocycles. The zero-order chi connectivity index (χ0) is 21.7. The summed E-state index contributed by atoms with van der Waals surface area (Å²) in [5.41, 5.74) is 1.71. The van der Waals surface area contributed by atoms with Crippen molar-refractivity contribution in [1.29, 1.82) is 0 Å². The predicted molar refractivity (Wildman–Crippen MR) is 119 cm³/mol. The Morgan fingerprint density at radius 3 is 2.47 bits per heavy atom. The fraction of sp³-hybridized carbons (Fsp3) is 0.318. The van der Waals surface area contributed by atoms with E-state index >= 15 is 0 Å². The third-order valence-corrected chi connectivity index (χ3v) is 5.56. The number of benzene rings is 2. The highest BCUT2D eigenvalue weighted by atomic mass is 32.1. The Morgan fingerprint density at radius 1 is 1.10 bits per heavy atom. The summed E-state index contributed by atoms with van der Waals surface area (Å²) in [6, 6.07) is 14.2. The number of hydrogen-bond acceptors (Lipinski definition) is 5. The smallest absolute Gasteiger partial charge is 0.251 e. The van der Waals surface area contributed by atoms with Crippen LogP contribution in [0.2, 0.25) is 0 Å². The summed E-state index contributed by atoms with van der Waals surface area (Å²) in [4.78, 5) is 28.5. The standard InChI is InChI=1S/C22H25N3O4S/c1-24-21(27)17(14-20(26)23-16-7-5-4-6-8-16)25(22(24)30)12-11-15-9-10-18(28-2)19(13-15)29-3/h4-10,13,17H,11-12,14H2,1-3H3,(H,23,26)/t17-/m1/s1. The molecule has 158 valence electrons. The van der Waals surface area contributed by atoms with E-state index in [9.17, 15) is 9.59 Å². The molecular formula is C22H25N3O4S. The molecule has 0 saturated carbocycles. The van der Waals surface area contributed by atoms with Crippen molar-refractivity contribution in [2.24, 2.45) is 0 Å². The van der Waals surface area contributed by atoms with Crippen LogP contribution >= 0.6 is 12.2 Å². The van der Waals surface area contributed by atoms with Crippen LogP contribution in [0.1, 0.15) is 12.0 Å². The molecule has 30 heavy (non-hydrogen) atoms. The topological polar surface area (TPSA) is 71.1 Å². The quantitative estimate of drug-likeness (QED) is 0.654. The first-order valence-corrected chi connectivity index (χ1v) is 9.99. The maximum absolute atomic E-state index is 12.7. The van der Waals surface area contributed by atoms with E-state index in [-0.39, 0.29) is 18.2 Å². The van der Waals surface area contributed by atoms with E-state index in [4.69, 9.17) is 21.7 Å². The summed E-state index contributed by atoms with van der Waals surface area (Å²) in [5, 5.41) is 3.26. The summed E-state index contributed by atoms with van der Waals surface area (Å²) >= 11 is 5.46. The Labute approximate surface area is 181 Å². The lowest BCUT2D eigenvalue weighted by atomic mass is 10.1. The molecule has 1 saturated heterocycles. The summed E-state index contributed by atoms with van der Waals surface area (Å²) in [6.07, 6.45) is 0.669. The van der Waals surface area contributed by atoms with Crippen LogP contribution in [0, 0.1) is 0 Å². The van der Waals surface area contributed by atoms with Gasteiger partial charge in [0.05, 0.1) is 20.6 Å². The lowest BCUT2D eigenvalue weighted by molar-refractivity contribution is -0.130. The van der Waals surface area contributed by atoms with Gasteiger partial charge in [0.15, 0.2) is 16.6 Å². The van der Waals surface area contributed by atoms with Crippen molar-refractivity contribution >= 4 is 34.8 Å². The third kappa shape index (κ3) is 4.71. The number of hydrogen-bond donors (Lipinski definition) is 1. The summed E-state index contributed by atoms with van der Waals surface area (Å²) in [7, 11) is 4.82. The number of anilines is 1. The van der Waals surface area contributed by atoms with Gasteiger partial charge in [-0.1, -0.05) is 24.3 Å². The largest absolute Gasteiger partial charge is 0.493 e. The Morgan fingerprint density at radius 2 is 1.80 bits per heavy atom. The fourth-order valence-corrected chi connectivity index (χ4v) is 3.73. The number of amides is 2. The van der Waals surface area contributed by atoms with E-state index in [0.717, 1.165) is 5.56 Å². The number of thiocarbonyl (C=S) groups is 1. The van der Waals surface area contributed by atoms with Crippen LogP contribution in [0.15, 0.2) is 48.5 Å². The van der Waals surface area contributed by atoms with Crippen LogP contribution in [0.4, 0.5) is 5.69 Å². The molecule has 0 unspecified atom stereocenters. The highest BCUT2D eigenvalue weighted by Gasteiger charge is 2.41. The highest BCUT2D eigenvalue weighted by molar-refractivity contribution is 7.80. The third-order valence-electron chi connectivity index (χ3n) is 5.05. The molecule has 1 fully saturated rings. The van der Waals surface area contributed by atoms with Crippen LogP contribution in [0.5, 0.6) is 11.5 Å². The van der Waals surface area contributed by atoms with E-state index in [2.05, 4.69) is 5.32 Å². The average molecular weight is 428 g/mol. The fourth-order valence-electron chi connectivity index (χ4n) is 3.42. The van der Waals surface area contributed by atoms with Crippen LogP contribution in [-0.4, -0.2) is 60.6 Å². The van der Waals surface area contributed by atoms with Crippen molar-refractivity contribution in [3.8, 4) is 11.5 Å². The SMILES string of the molecule is COc1ccc(CCN2C(=S)N(C)C(=O)[C@H]2CC(=O)Nc2ccccc2)cc1OC. The second-order valence-electron chi connectivity index (χ2n) is 6.95. The lowest BCUT2D eigenvalue weighted by Crippen LogP contribution is -2.39. The number of carbonyl (C=O) groups excluding carboxylic acids is 2.